The summed E-state index contributed by atoms with van der Waals surface area (Å²) in [6.45, 7) is 6.27. The molecule has 1 aliphatic rings. The van der Waals surface area contributed by atoms with Gasteiger partial charge in [0.1, 0.15) is 5.60 Å². The second-order valence-electron chi connectivity index (χ2n) is 4.71. The second kappa shape index (κ2) is 3.66. The molecule has 1 aliphatic carbocycles. The quantitative estimate of drug-likeness (QED) is 0.660. The summed E-state index contributed by atoms with van der Waals surface area (Å²) in [6, 6.07) is 0. The molecule has 0 bridgehead atoms. The van der Waals surface area contributed by atoms with Gasteiger partial charge in [0.25, 0.3) is 0 Å². The number of ether oxygens (including phenoxy) is 1. The maximum atomic E-state index is 11.5. The Kier molecular flexibility index (Phi) is 2.96. The molecule has 13 heavy (non-hydrogen) atoms. The molecular weight excluding hydrogens is 166 g/mol. The predicted molar refractivity (Wildman–Crippen MR) is 51.1 cm³/mol. The Morgan fingerprint density at radius 2 is 2.08 bits per heavy atom. The lowest BCUT2D eigenvalue weighted by Gasteiger charge is -2.35. The smallest absolute Gasteiger partial charge is 0.309 e. The van der Waals surface area contributed by atoms with E-state index < -0.39 is 0 Å². The zero-order chi connectivity index (χ0) is 10.1. The fraction of sp³-hybridized carbons (Fsp3) is 0.900. The summed E-state index contributed by atoms with van der Waals surface area (Å²) in [6.07, 6.45) is 2.01. The van der Waals surface area contributed by atoms with Gasteiger partial charge in [-0.05, 0) is 46.1 Å². The highest BCUT2D eigenvalue weighted by Crippen LogP contribution is 2.35. The van der Waals surface area contributed by atoms with Crippen LogP contribution in [-0.4, -0.2) is 18.1 Å². The molecular formula is C10H19NO2. The van der Waals surface area contributed by atoms with Crippen molar-refractivity contribution in [2.45, 2.75) is 39.2 Å². The number of hydrogen-bond acceptors (Lipinski definition) is 3. The Morgan fingerprint density at radius 1 is 1.46 bits per heavy atom. The van der Waals surface area contributed by atoms with E-state index in [0.29, 0.717) is 12.5 Å². The van der Waals surface area contributed by atoms with Crippen LogP contribution in [0.25, 0.3) is 0 Å². The van der Waals surface area contributed by atoms with Crippen molar-refractivity contribution in [2.24, 2.45) is 17.6 Å². The Hall–Kier alpha value is -0.570. The summed E-state index contributed by atoms with van der Waals surface area (Å²) in [4.78, 5) is 11.5. The average Bonchev–Trinajstić information content (AvgIpc) is 1.80. The normalized spacial score (nSPS) is 28.0. The SMILES string of the molecule is CC(C)(C)OC(=O)[C@@H]1CC[C@@H]1CN. The van der Waals surface area contributed by atoms with E-state index in [1.807, 2.05) is 20.8 Å². The highest BCUT2D eigenvalue weighted by Gasteiger charge is 2.38. The topological polar surface area (TPSA) is 52.3 Å². The number of carbonyl (C=O) groups is 1. The first-order chi connectivity index (χ1) is 5.94. The molecule has 0 aliphatic heterocycles. The first-order valence-electron chi connectivity index (χ1n) is 4.87. The summed E-state index contributed by atoms with van der Waals surface area (Å²) in [5.74, 6) is 0.341. The molecule has 3 nitrogen and oxygen atoms in total. The van der Waals surface area contributed by atoms with Crippen molar-refractivity contribution in [3.8, 4) is 0 Å². The van der Waals surface area contributed by atoms with Gasteiger partial charge < -0.3 is 10.5 Å². The van der Waals surface area contributed by atoms with Crippen LogP contribution in [0.1, 0.15) is 33.6 Å². The van der Waals surface area contributed by atoms with Crippen LogP contribution in [0.2, 0.25) is 0 Å². The Labute approximate surface area is 79.6 Å². The maximum absolute atomic E-state index is 11.5. The van der Waals surface area contributed by atoms with E-state index in [1.54, 1.807) is 0 Å². The predicted octanol–water partition coefficient (Wildman–Crippen LogP) is 1.31. The van der Waals surface area contributed by atoms with E-state index in [0.717, 1.165) is 12.8 Å². The Morgan fingerprint density at radius 3 is 2.38 bits per heavy atom. The number of carbonyl (C=O) groups excluding carboxylic acids is 1. The third-order valence-electron chi connectivity index (χ3n) is 2.43. The molecule has 2 N–H and O–H groups in total. The largest absolute Gasteiger partial charge is 0.460 e. The minimum atomic E-state index is -0.369. The molecule has 76 valence electrons. The lowest BCUT2D eigenvalue weighted by Crippen LogP contribution is -2.41. The van der Waals surface area contributed by atoms with Crippen LogP contribution >= 0.6 is 0 Å². The van der Waals surface area contributed by atoms with Crippen LogP contribution in [0.3, 0.4) is 0 Å². The van der Waals surface area contributed by atoms with Crippen LogP contribution in [0.5, 0.6) is 0 Å². The molecule has 2 atom stereocenters. The lowest BCUT2D eigenvalue weighted by atomic mass is 9.74. The highest BCUT2D eigenvalue weighted by atomic mass is 16.6. The van der Waals surface area contributed by atoms with E-state index in [9.17, 15) is 4.79 Å². The molecule has 1 saturated carbocycles. The Bertz CT molecular complexity index is 194. The van der Waals surface area contributed by atoms with E-state index >= 15 is 0 Å². The number of hydrogen-bond donors (Lipinski definition) is 1. The fourth-order valence-corrected chi connectivity index (χ4v) is 1.54. The van der Waals surface area contributed by atoms with Crippen molar-refractivity contribution in [3.63, 3.8) is 0 Å². The highest BCUT2D eigenvalue weighted by molar-refractivity contribution is 5.74. The van der Waals surface area contributed by atoms with Gasteiger partial charge >= 0.3 is 5.97 Å². The monoisotopic (exact) mass is 185 g/mol. The van der Waals surface area contributed by atoms with Gasteiger partial charge in [0, 0.05) is 0 Å². The summed E-state index contributed by atoms with van der Waals surface area (Å²) >= 11 is 0. The minimum Gasteiger partial charge on any atom is -0.460 e. The molecule has 0 unspecified atom stereocenters. The van der Waals surface area contributed by atoms with Crippen molar-refractivity contribution >= 4 is 5.97 Å². The van der Waals surface area contributed by atoms with Crippen LogP contribution in [0.15, 0.2) is 0 Å². The van der Waals surface area contributed by atoms with Gasteiger partial charge in [-0.1, -0.05) is 0 Å². The molecule has 0 spiro atoms. The average molecular weight is 185 g/mol. The Balaban J connectivity index is 2.40. The lowest BCUT2D eigenvalue weighted by molar-refractivity contribution is -0.166. The van der Waals surface area contributed by atoms with E-state index in [-0.39, 0.29) is 17.5 Å². The van der Waals surface area contributed by atoms with Gasteiger partial charge in [-0.3, -0.25) is 4.79 Å². The maximum Gasteiger partial charge on any atom is 0.309 e. The molecule has 0 aromatic rings. The van der Waals surface area contributed by atoms with Gasteiger partial charge in [-0.2, -0.15) is 0 Å². The summed E-state index contributed by atoms with van der Waals surface area (Å²) in [5.41, 5.74) is 5.15. The standard InChI is InChI=1S/C10H19NO2/c1-10(2,3)13-9(12)8-5-4-7(8)6-11/h7-8H,4-6,11H2,1-3H3/t7-,8-/m1/s1. The van der Waals surface area contributed by atoms with Gasteiger partial charge in [0.2, 0.25) is 0 Å². The van der Waals surface area contributed by atoms with Crippen molar-refractivity contribution < 1.29 is 9.53 Å². The number of rotatable bonds is 2. The third-order valence-corrected chi connectivity index (χ3v) is 2.43. The van der Waals surface area contributed by atoms with Crippen molar-refractivity contribution in [2.75, 3.05) is 6.54 Å². The minimum absolute atomic E-state index is 0.0595. The summed E-state index contributed by atoms with van der Waals surface area (Å²) < 4.78 is 5.28. The van der Waals surface area contributed by atoms with Crippen LogP contribution in [0, 0.1) is 11.8 Å². The molecule has 3 heteroatoms. The van der Waals surface area contributed by atoms with E-state index in [2.05, 4.69) is 0 Å². The zero-order valence-electron chi connectivity index (χ0n) is 8.67. The molecule has 0 aromatic heterocycles. The first kappa shape index (κ1) is 10.5. The molecule has 0 aromatic carbocycles. The molecule has 0 amide bonds. The summed E-state index contributed by atoms with van der Waals surface area (Å²) in [7, 11) is 0. The van der Waals surface area contributed by atoms with Gasteiger partial charge in [-0.25, -0.2) is 0 Å². The fourth-order valence-electron chi connectivity index (χ4n) is 1.54. The first-order valence-corrected chi connectivity index (χ1v) is 4.87. The van der Waals surface area contributed by atoms with E-state index in [4.69, 9.17) is 10.5 Å². The van der Waals surface area contributed by atoms with Crippen LogP contribution < -0.4 is 5.73 Å². The summed E-state index contributed by atoms with van der Waals surface area (Å²) in [5, 5.41) is 0. The van der Waals surface area contributed by atoms with Gasteiger partial charge in [0.15, 0.2) is 0 Å². The molecule has 1 rings (SSSR count). The van der Waals surface area contributed by atoms with Crippen LogP contribution in [0.4, 0.5) is 0 Å². The van der Waals surface area contributed by atoms with Gasteiger partial charge in [-0.15, -0.1) is 0 Å². The van der Waals surface area contributed by atoms with Crippen molar-refractivity contribution in [3.05, 3.63) is 0 Å². The molecule has 0 radical (unpaired) electrons. The van der Waals surface area contributed by atoms with Crippen LogP contribution in [-0.2, 0) is 9.53 Å². The van der Waals surface area contributed by atoms with E-state index in [1.165, 1.54) is 0 Å². The van der Waals surface area contributed by atoms with Crippen molar-refractivity contribution in [1.29, 1.82) is 0 Å². The van der Waals surface area contributed by atoms with Gasteiger partial charge in [0.05, 0.1) is 5.92 Å². The molecule has 0 heterocycles. The molecule has 1 fully saturated rings. The number of nitrogens with two attached hydrogens (primary N) is 1. The molecule has 0 saturated heterocycles. The van der Waals surface area contributed by atoms with Crippen molar-refractivity contribution in [1.82, 2.24) is 0 Å². The third kappa shape index (κ3) is 2.69. The second-order valence-corrected chi connectivity index (χ2v) is 4.71. The zero-order valence-corrected chi connectivity index (χ0v) is 8.67. The number of esters is 1.